The summed E-state index contributed by atoms with van der Waals surface area (Å²) in [5.74, 6) is -0.162. The molecule has 0 aromatic carbocycles. The number of rotatable bonds is 3. The van der Waals surface area contributed by atoms with E-state index in [-0.39, 0.29) is 23.8 Å². The van der Waals surface area contributed by atoms with Crippen LogP contribution >= 0.6 is 0 Å². The maximum atomic E-state index is 13.7. The lowest BCUT2D eigenvalue weighted by Crippen LogP contribution is -2.65. The molecule has 2 unspecified atom stereocenters. The monoisotopic (exact) mass is 414 g/mol. The molecule has 0 spiro atoms. The van der Waals surface area contributed by atoms with Crippen LogP contribution in [0.5, 0.6) is 0 Å². The average molecular weight is 414 g/mol. The van der Waals surface area contributed by atoms with Gasteiger partial charge >= 0.3 is 6.18 Å². The Hall–Kier alpha value is -1.92. The van der Waals surface area contributed by atoms with Gasteiger partial charge in [-0.2, -0.15) is 13.2 Å². The molecule has 0 saturated carbocycles. The molecular formula is C18H25F3N6O2. The van der Waals surface area contributed by atoms with E-state index in [0.717, 1.165) is 6.07 Å². The summed E-state index contributed by atoms with van der Waals surface area (Å²) in [5.41, 5.74) is 5.11. The topological polar surface area (TPSA) is 87.9 Å². The number of aromatic nitrogens is 1. The predicted octanol–water partition coefficient (Wildman–Crippen LogP) is 0.490. The number of anilines is 1. The third-order valence-electron chi connectivity index (χ3n) is 5.32. The molecular weight excluding hydrogens is 389 g/mol. The number of pyridine rings is 1. The Labute approximate surface area is 166 Å². The van der Waals surface area contributed by atoms with Crippen LogP contribution in [-0.2, 0) is 15.7 Å². The molecule has 1 aromatic rings. The first kappa shape index (κ1) is 20.4. The molecule has 0 bridgehead atoms. The lowest BCUT2D eigenvalue weighted by atomic mass is 10.0. The number of alkyl halides is 3. The summed E-state index contributed by atoms with van der Waals surface area (Å²) >= 11 is 0. The molecule has 3 aliphatic rings. The summed E-state index contributed by atoms with van der Waals surface area (Å²) in [5, 5.41) is 6.71. The van der Waals surface area contributed by atoms with Crippen LogP contribution in [-0.4, -0.2) is 79.8 Å². The molecule has 2 fully saturated rings. The van der Waals surface area contributed by atoms with Crippen molar-refractivity contribution in [3.63, 3.8) is 0 Å². The standard InChI is InChI=1S/C18H25F3N6O2/c19-18(20,21)13-9-15(22)23-11-12(13)14-10-16(26-1-5-28-6-2-26)25-17(24-14)27-3-7-29-8-4-27/h9-11,16-17,24-25H,1-8H2,(H2,22,23). The molecule has 160 valence electrons. The number of ether oxygens (including phenoxy) is 2. The van der Waals surface area contributed by atoms with Crippen LogP contribution in [0.4, 0.5) is 19.0 Å². The SMILES string of the molecule is Nc1cc(C(F)(F)F)c(C2=CC(N3CCOCC3)NC(N3CCOCC3)N2)cn1. The molecule has 3 aliphatic heterocycles. The van der Waals surface area contributed by atoms with Crippen LogP contribution in [0.1, 0.15) is 11.1 Å². The van der Waals surface area contributed by atoms with Crippen molar-refractivity contribution in [2.24, 2.45) is 0 Å². The summed E-state index contributed by atoms with van der Waals surface area (Å²) in [7, 11) is 0. The Balaban J connectivity index is 1.68. The van der Waals surface area contributed by atoms with E-state index in [1.807, 2.05) is 0 Å². The van der Waals surface area contributed by atoms with Gasteiger partial charge in [0.1, 0.15) is 12.1 Å². The number of hydrogen-bond acceptors (Lipinski definition) is 8. The number of nitrogen functional groups attached to an aromatic ring is 1. The molecule has 4 N–H and O–H groups in total. The second-order valence-corrected chi connectivity index (χ2v) is 7.19. The van der Waals surface area contributed by atoms with Gasteiger partial charge in [0.25, 0.3) is 0 Å². The van der Waals surface area contributed by atoms with E-state index in [1.165, 1.54) is 6.20 Å². The maximum absolute atomic E-state index is 13.7. The van der Waals surface area contributed by atoms with Gasteiger partial charge in [-0.25, -0.2) is 4.98 Å². The van der Waals surface area contributed by atoms with Crippen molar-refractivity contribution in [1.82, 2.24) is 25.4 Å². The smallest absolute Gasteiger partial charge is 0.384 e. The normalized spacial score (nSPS) is 27.3. The molecule has 8 nitrogen and oxygen atoms in total. The highest BCUT2D eigenvalue weighted by Gasteiger charge is 2.37. The van der Waals surface area contributed by atoms with Gasteiger partial charge in [0.2, 0.25) is 0 Å². The quantitative estimate of drug-likeness (QED) is 0.659. The predicted molar refractivity (Wildman–Crippen MR) is 100 cm³/mol. The van der Waals surface area contributed by atoms with Gasteiger partial charge in [-0.1, -0.05) is 0 Å². The van der Waals surface area contributed by atoms with Crippen LogP contribution in [0, 0.1) is 0 Å². The highest BCUT2D eigenvalue weighted by atomic mass is 19.4. The Kier molecular flexibility index (Phi) is 5.93. The van der Waals surface area contributed by atoms with E-state index < -0.39 is 11.7 Å². The van der Waals surface area contributed by atoms with Gasteiger partial charge in [0.15, 0.2) is 0 Å². The van der Waals surface area contributed by atoms with E-state index >= 15 is 0 Å². The molecule has 11 heteroatoms. The van der Waals surface area contributed by atoms with Gasteiger partial charge in [-0.05, 0) is 12.1 Å². The summed E-state index contributed by atoms with van der Waals surface area (Å²) in [4.78, 5) is 8.20. The van der Waals surface area contributed by atoms with E-state index in [1.54, 1.807) is 6.08 Å². The molecule has 2 atom stereocenters. The fourth-order valence-corrected chi connectivity index (χ4v) is 3.79. The van der Waals surface area contributed by atoms with Crippen molar-refractivity contribution in [1.29, 1.82) is 0 Å². The van der Waals surface area contributed by atoms with Crippen LogP contribution < -0.4 is 16.4 Å². The number of morpholine rings is 2. The van der Waals surface area contributed by atoms with Crippen molar-refractivity contribution < 1.29 is 22.6 Å². The van der Waals surface area contributed by atoms with Crippen LogP contribution in [0.2, 0.25) is 0 Å². The van der Waals surface area contributed by atoms with Crippen LogP contribution in [0.25, 0.3) is 5.70 Å². The number of hydrogen-bond donors (Lipinski definition) is 3. The van der Waals surface area contributed by atoms with Crippen molar-refractivity contribution in [3.8, 4) is 0 Å². The van der Waals surface area contributed by atoms with E-state index in [2.05, 4.69) is 25.4 Å². The zero-order valence-corrected chi connectivity index (χ0v) is 15.9. The minimum atomic E-state index is -4.54. The lowest BCUT2D eigenvalue weighted by Gasteiger charge is -2.44. The number of nitrogens with one attached hydrogen (secondary N) is 2. The average Bonchev–Trinajstić information content (AvgIpc) is 2.74. The summed E-state index contributed by atoms with van der Waals surface area (Å²) in [6, 6.07) is 0.882. The van der Waals surface area contributed by atoms with Gasteiger partial charge in [-0.15, -0.1) is 0 Å². The molecule has 0 radical (unpaired) electrons. The second-order valence-electron chi connectivity index (χ2n) is 7.19. The molecule has 0 amide bonds. The molecule has 0 aliphatic carbocycles. The number of nitrogens with two attached hydrogens (primary N) is 1. The maximum Gasteiger partial charge on any atom is 0.417 e. The number of halogens is 3. The lowest BCUT2D eigenvalue weighted by molar-refractivity contribution is -0.137. The molecule has 29 heavy (non-hydrogen) atoms. The van der Waals surface area contributed by atoms with Gasteiger partial charge in [0.05, 0.1) is 38.2 Å². The Morgan fingerprint density at radius 2 is 1.66 bits per heavy atom. The Morgan fingerprint density at radius 3 is 2.28 bits per heavy atom. The fourth-order valence-electron chi connectivity index (χ4n) is 3.79. The third-order valence-corrected chi connectivity index (χ3v) is 5.32. The van der Waals surface area contributed by atoms with E-state index in [4.69, 9.17) is 15.2 Å². The first-order chi connectivity index (χ1) is 13.9. The Bertz CT molecular complexity index is 748. The minimum absolute atomic E-state index is 0.00952. The molecule has 1 aromatic heterocycles. The van der Waals surface area contributed by atoms with Crippen molar-refractivity contribution in [2.45, 2.75) is 18.6 Å². The summed E-state index contributed by atoms with van der Waals surface area (Å²) in [6.45, 7) is 5.10. The van der Waals surface area contributed by atoms with Gasteiger partial charge in [0, 0.05) is 43.6 Å². The highest BCUT2D eigenvalue weighted by Crippen LogP contribution is 2.36. The minimum Gasteiger partial charge on any atom is -0.384 e. The molecule has 2 saturated heterocycles. The fraction of sp³-hybridized carbons (Fsp3) is 0.611. The summed E-state index contributed by atoms with van der Waals surface area (Å²) in [6.07, 6.45) is -2.13. The van der Waals surface area contributed by atoms with Crippen LogP contribution in [0.3, 0.4) is 0 Å². The van der Waals surface area contributed by atoms with Crippen molar-refractivity contribution in [3.05, 3.63) is 29.5 Å². The first-order valence-corrected chi connectivity index (χ1v) is 9.63. The largest absolute Gasteiger partial charge is 0.417 e. The Morgan fingerprint density at radius 1 is 1.03 bits per heavy atom. The highest BCUT2D eigenvalue weighted by molar-refractivity contribution is 5.69. The van der Waals surface area contributed by atoms with Crippen LogP contribution in [0.15, 0.2) is 18.3 Å². The number of nitrogens with zero attached hydrogens (tertiary/aromatic N) is 3. The molecule has 4 rings (SSSR count). The third kappa shape index (κ3) is 4.64. The van der Waals surface area contributed by atoms with Crippen molar-refractivity contribution in [2.75, 3.05) is 58.3 Å². The van der Waals surface area contributed by atoms with Gasteiger partial charge < -0.3 is 20.5 Å². The van der Waals surface area contributed by atoms with E-state index in [0.29, 0.717) is 58.3 Å². The second kappa shape index (κ2) is 8.44. The van der Waals surface area contributed by atoms with Gasteiger partial charge in [-0.3, -0.25) is 15.1 Å². The van der Waals surface area contributed by atoms with E-state index in [9.17, 15) is 13.2 Å². The summed E-state index contributed by atoms with van der Waals surface area (Å²) < 4.78 is 51.9. The van der Waals surface area contributed by atoms with Crippen molar-refractivity contribution >= 4 is 11.5 Å². The molecule has 4 heterocycles. The zero-order chi connectivity index (χ0) is 20.4. The zero-order valence-electron chi connectivity index (χ0n) is 15.9. The first-order valence-electron chi connectivity index (χ1n) is 9.63.